The maximum absolute atomic E-state index is 6.23. The Morgan fingerprint density at radius 1 is 0.309 bits per heavy atom. The van der Waals surface area contributed by atoms with Crippen LogP contribution in [0.3, 0.4) is 0 Å². The Morgan fingerprint density at radius 2 is 0.945 bits per heavy atom. The van der Waals surface area contributed by atoms with Crippen molar-refractivity contribution in [1.82, 2.24) is 9.13 Å². The normalized spacial score (nSPS) is 12.0. The maximum atomic E-state index is 6.23. The van der Waals surface area contributed by atoms with E-state index in [1.165, 1.54) is 76.6 Å². The standard InChI is InChI=1S/C52H32N2O/c1-3-12-33(13-4-1)40-19-11-20-48-52(40)45-30-37(23-26-47(45)53(48)38-16-5-2-6-17-38)36-22-25-46-42(29-36)43-28-34-14-7-8-15-35(34)31-49(43)54(46)39-24-27-51-44(32-39)41-18-9-10-21-50(41)55-51/h1-32H. The maximum Gasteiger partial charge on any atom is 0.135 e. The van der Waals surface area contributed by atoms with Crippen LogP contribution in [-0.4, -0.2) is 9.13 Å². The summed E-state index contributed by atoms with van der Waals surface area (Å²) in [6.45, 7) is 0. The smallest absolute Gasteiger partial charge is 0.135 e. The second-order valence-corrected chi connectivity index (χ2v) is 14.5. The molecule has 9 aromatic carbocycles. The SMILES string of the molecule is c1ccc(-c2cccc3c2c2cc(-c4ccc5c(c4)c4cc6ccccc6cc4n5-c4ccc5oc6ccccc6c5c4)ccc2n3-c2ccccc2)cc1. The molecule has 0 spiro atoms. The van der Waals surface area contributed by atoms with Crippen LogP contribution >= 0.6 is 0 Å². The zero-order valence-electron chi connectivity index (χ0n) is 29.8. The van der Waals surface area contributed by atoms with E-state index < -0.39 is 0 Å². The van der Waals surface area contributed by atoms with E-state index in [0.29, 0.717) is 0 Å². The second kappa shape index (κ2) is 11.6. The number of hydrogen-bond acceptors (Lipinski definition) is 1. The van der Waals surface area contributed by atoms with Crippen LogP contribution in [0.5, 0.6) is 0 Å². The minimum Gasteiger partial charge on any atom is -0.456 e. The highest BCUT2D eigenvalue weighted by Gasteiger charge is 2.19. The van der Waals surface area contributed by atoms with E-state index in [2.05, 4.69) is 191 Å². The molecule has 55 heavy (non-hydrogen) atoms. The molecule has 0 fully saturated rings. The van der Waals surface area contributed by atoms with Crippen molar-refractivity contribution < 1.29 is 4.42 Å². The fourth-order valence-electron chi connectivity index (χ4n) is 8.98. The average Bonchev–Trinajstić information content (AvgIpc) is 3.90. The van der Waals surface area contributed by atoms with E-state index in [-0.39, 0.29) is 0 Å². The van der Waals surface area contributed by atoms with E-state index in [1.807, 2.05) is 12.1 Å². The Labute approximate surface area is 316 Å². The summed E-state index contributed by atoms with van der Waals surface area (Å²) in [5, 5.41) is 9.69. The molecule has 0 unspecified atom stereocenters. The third-order valence-electron chi connectivity index (χ3n) is 11.5. The second-order valence-electron chi connectivity index (χ2n) is 14.5. The highest BCUT2D eigenvalue weighted by atomic mass is 16.3. The van der Waals surface area contributed by atoms with E-state index in [1.54, 1.807) is 0 Å². The fourth-order valence-corrected chi connectivity index (χ4v) is 8.98. The first-order valence-electron chi connectivity index (χ1n) is 18.8. The number of furan rings is 1. The summed E-state index contributed by atoms with van der Waals surface area (Å²) in [5.74, 6) is 0. The molecule has 0 saturated heterocycles. The molecule has 0 atom stereocenters. The molecule has 0 amide bonds. The summed E-state index contributed by atoms with van der Waals surface area (Å²) in [4.78, 5) is 0. The van der Waals surface area contributed by atoms with Gasteiger partial charge in [0.05, 0.1) is 22.1 Å². The Balaban J connectivity index is 1.11. The van der Waals surface area contributed by atoms with Gasteiger partial charge in [0.1, 0.15) is 11.2 Å². The van der Waals surface area contributed by atoms with Crippen LogP contribution in [0, 0.1) is 0 Å². The molecule has 0 N–H and O–H groups in total. The van der Waals surface area contributed by atoms with Gasteiger partial charge in [0.2, 0.25) is 0 Å². The molecule has 256 valence electrons. The number of aromatic nitrogens is 2. The van der Waals surface area contributed by atoms with E-state index in [4.69, 9.17) is 4.42 Å². The molecule has 0 radical (unpaired) electrons. The van der Waals surface area contributed by atoms with Crippen LogP contribution in [0.15, 0.2) is 199 Å². The monoisotopic (exact) mass is 700 g/mol. The summed E-state index contributed by atoms with van der Waals surface area (Å²) in [6.07, 6.45) is 0. The summed E-state index contributed by atoms with van der Waals surface area (Å²) >= 11 is 0. The van der Waals surface area contributed by atoms with Gasteiger partial charge in [-0.3, -0.25) is 0 Å². The van der Waals surface area contributed by atoms with Gasteiger partial charge in [0.15, 0.2) is 0 Å². The summed E-state index contributed by atoms with van der Waals surface area (Å²) in [7, 11) is 0. The van der Waals surface area contributed by atoms with Gasteiger partial charge in [-0.2, -0.15) is 0 Å². The van der Waals surface area contributed by atoms with Gasteiger partial charge in [-0.1, -0.05) is 115 Å². The number of para-hydroxylation sites is 2. The van der Waals surface area contributed by atoms with Crippen molar-refractivity contribution >= 4 is 76.3 Å². The summed E-state index contributed by atoms with van der Waals surface area (Å²) in [5.41, 5.74) is 13.7. The number of benzene rings is 9. The minimum absolute atomic E-state index is 0.901. The number of rotatable bonds is 4. The lowest BCUT2D eigenvalue weighted by Gasteiger charge is -2.10. The van der Waals surface area contributed by atoms with Gasteiger partial charge < -0.3 is 13.6 Å². The fraction of sp³-hybridized carbons (Fsp3) is 0. The molecule has 0 bridgehead atoms. The van der Waals surface area contributed by atoms with Crippen molar-refractivity contribution in [2.24, 2.45) is 0 Å². The lowest BCUT2D eigenvalue weighted by atomic mass is 9.97. The van der Waals surface area contributed by atoms with Crippen LogP contribution in [0.4, 0.5) is 0 Å². The third-order valence-corrected chi connectivity index (χ3v) is 11.5. The first-order chi connectivity index (χ1) is 27.3. The molecule has 3 nitrogen and oxygen atoms in total. The van der Waals surface area contributed by atoms with Gasteiger partial charge in [-0.25, -0.2) is 0 Å². The van der Waals surface area contributed by atoms with Gasteiger partial charge >= 0.3 is 0 Å². The average molecular weight is 701 g/mol. The zero-order chi connectivity index (χ0) is 36.0. The Hall–Kier alpha value is -7.36. The van der Waals surface area contributed by atoms with E-state index >= 15 is 0 Å². The van der Waals surface area contributed by atoms with Crippen LogP contribution < -0.4 is 0 Å². The molecule has 3 aromatic heterocycles. The molecular weight excluding hydrogens is 669 g/mol. The Morgan fingerprint density at radius 3 is 1.76 bits per heavy atom. The lowest BCUT2D eigenvalue weighted by molar-refractivity contribution is 0.669. The number of nitrogens with zero attached hydrogens (tertiary/aromatic N) is 2. The van der Waals surface area contributed by atoms with Crippen molar-refractivity contribution in [1.29, 1.82) is 0 Å². The van der Waals surface area contributed by atoms with Crippen LogP contribution in [0.25, 0.3) is 110 Å². The third kappa shape index (κ3) is 4.50. The Bertz CT molecular complexity index is 3470. The van der Waals surface area contributed by atoms with Crippen molar-refractivity contribution in [3.05, 3.63) is 194 Å². The molecule has 0 aliphatic rings. The van der Waals surface area contributed by atoms with Gasteiger partial charge in [-0.05, 0) is 112 Å². The van der Waals surface area contributed by atoms with Crippen molar-refractivity contribution in [2.75, 3.05) is 0 Å². The van der Waals surface area contributed by atoms with Crippen LogP contribution in [-0.2, 0) is 0 Å². The number of hydrogen-bond donors (Lipinski definition) is 0. The predicted octanol–water partition coefficient (Wildman–Crippen LogP) is 14.3. The molecule has 3 heteroatoms. The molecular formula is C52H32N2O. The topological polar surface area (TPSA) is 23.0 Å². The molecule has 12 rings (SSSR count). The molecule has 3 heterocycles. The van der Waals surface area contributed by atoms with Gasteiger partial charge in [0.25, 0.3) is 0 Å². The minimum atomic E-state index is 0.901. The van der Waals surface area contributed by atoms with Crippen molar-refractivity contribution in [2.45, 2.75) is 0 Å². The zero-order valence-corrected chi connectivity index (χ0v) is 29.8. The first-order valence-corrected chi connectivity index (χ1v) is 18.8. The largest absolute Gasteiger partial charge is 0.456 e. The Kier molecular flexibility index (Phi) is 6.34. The van der Waals surface area contributed by atoms with Crippen LogP contribution in [0.1, 0.15) is 0 Å². The molecule has 0 aliphatic carbocycles. The lowest BCUT2D eigenvalue weighted by Crippen LogP contribution is -1.94. The number of fused-ring (bicyclic) bond motifs is 10. The van der Waals surface area contributed by atoms with Gasteiger partial charge in [0, 0.05) is 43.7 Å². The summed E-state index contributed by atoms with van der Waals surface area (Å²) in [6, 6.07) is 70.4. The first kappa shape index (κ1) is 30.1. The van der Waals surface area contributed by atoms with Gasteiger partial charge in [-0.15, -0.1) is 0 Å². The van der Waals surface area contributed by atoms with E-state index in [9.17, 15) is 0 Å². The molecule has 12 aromatic rings. The van der Waals surface area contributed by atoms with Crippen LogP contribution in [0.2, 0.25) is 0 Å². The highest BCUT2D eigenvalue weighted by Crippen LogP contribution is 2.42. The highest BCUT2D eigenvalue weighted by molar-refractivity contribution is 6.18. The molecule has 0 aliphatic heterocycles. The van der Waals surface area contributed by atoms with Crippen molar-refractivity contribution in [3.63, 3.8) is 0 Å². The molecule has 0 saturated carbocycles. The predicted molar refractivity (Wildman–Crippen MR) is 231 cm³/mol. The van der Waals surface area contributed by atoms with E-state index in [0.717, 1.165) is 33.3 Å². The quantitative estimate of drug-likeness (QED) is 0.179. The summed E-state index contributed by atoms with van der Waals surface area (Å²) < 4.78 is 11.1. The van der Waals surface area contributed by atoms with Crippen molar-refractivity contribution in [3.8, 4) is 33.6 Å².